The molecule has 6 heteroatoms. The van der Waals surface area contributed by atoms with E-state index in [9.17, 15) is 9.59 Å². The number of rotatable bonds is 6. The molecule has 29 heavy (non-hydrogen) atoms. The highest BCUT2D eigenvalue weighted by Crippen LogP contribution is 2.16. The molecule has 2 aromatic carbocycles. The van der Waals surface area contributed by atoms with Gasteiger partial charge in [0.1, 0.15) is 11.4 Å². The minimum absolute atomic E-state index is 0.177. The highest BCUT2D eigenvalue weighted by atomic mass is 16.2. The molecule has 3 aromatic rings. The van der Waals surface area contributed by atoms with Crippen LogP contribution in [0.3, 0.4) is 0 Å². The fourth-order valence-corrected chi connectivity index (χ4v) is 2.74. The van der Waals surface area contributed by atoms with Gasteiger partial charge in [-0.25, -0.2) is 4.98 Å². The van der Waals surface area contributed by atoms with Crippen molar-refractivity contribution in [2.45, 2.75) is 13.3 Å². The number of aryl methyl sites for hydroxylation is 1. The predicted octanol–water partition coefficient (Wildman–Crippen LogP) is 4.21. The molecule has 0 saturated heterocycles. The van der Waals surface area contributed by atoms with Crippen LogP contribution in [0.15, 0.2) is 66.7 Å². The first-order valence-electron chi connectivity index (χ1n) is 9.42. The van der Waals surface area contributed by atoms with Crippen LogP contribution in [0, 0.1) is 0 Å². The van der Waals surface area contributed by atoms with E-state index in [2.05, 4.69) is 22.5 Å². The van der Waals surface area contributed by atoms with E-state index >= 15 is 0 Å². The van der Waals surface area contributed by atoms with Gasteiger partial charge in [0, 0.05) is 31.2 Å². The number of carbonyl (C=O) groups excluding carboxylic acids is 2. The largest absolute Gasteiger partial charge is 0.378 e. The maximum Gasteiger partial charge on any atom is 0.274 e. The highest BCUT2D eigenvalue weighted by Gasteiger charge is 2.13. The SMILES string of the molecule is CCc1ccc(NC(=O)c2cccc(C(=O)Nc3ccc(N(C)C)cc3)n2)cc1. The third-order valence-corrected chi connectivity index (χ3v) is 4.48. The Morgan fingerprint density at radius 2 is 1.28 bits per heavy atom. The van der Waals surface area contributed by atoms with Crippen molar-refractivity contribution >= 4 is 28.9 Å². The number of aromatic nitrogens is 1. The van der Waals surface area contributed by atoms with Gasteiger partial charge in [-0.3, -0.25) is 9.59 Å². The topological polar surface area (TPSA) is 74.3 Å². The summed E-state index contributed by atoms with van der Waals surface area (Å²) in [5.74, 6) is -0.733. The standard InChI is InChI=1S/C23H24N4O2/c1-4-16-8-10-17(11-9-16)24-22(28)20-6-5-7-21(26-20)23(29)25-18-12-14-19(15-13-18)27(2)3/h5-15H,4H2,1-3H3,(H,24,28)(H,25,29). The number of pyridine rings is 1. The summed E-state index contributed by atoms with van der Waals surface area (Å²) >= 11 is 0. The summed E-state index contributed by atoms with van der Waals surface area (Å²) in [5.41, 5.74) is 3.93. The lowest BCUT2D eigenvalue weighted by Crippen LogP contribution is -2.18. The number of nitrogens with zero attached hydrogens (tertiary/aromatic N) is 2. The first-order valence-corrected chi connectivity index (χ1v) is 9.42. The number of hydrogen-bond acceptors (Lipinski definition) is 4. The maximum absolute atomic E-state index is 12.5. The molecule has 0 radical (unpaired) electrons. The van der Waals surface area contributed by atoms with E-state index in [1.54, 1.807) is 18.2 Å². The zero-order valence-corrected chi connectivity index (χ0v) is 16.8. The van der Waals surface area contributed by atoms with Crippen molar-refractivity contribution in [3.8, 4) is 0 Å². The zero-order chi connectivity index (χ0) is 20.8. The van der Waals surface area contributed by atoms with Crippen molar-refractivity contribution in [3.05, 3.63) is 83.7 Å². The van der Waals surface area contributed by atoms with E-state index in [0.29, 0.717) is 11.4 Å². The fraction of sp³-hybridized carbons (Fsp3) is 0.174. The molecular weight excluding hydrogens is 364 g/mol. The Bertz CT molecular complexity index is 996. The van der Waals surface area contributed by atoms with Crippen LogP contribution in [0.2, 0.25) is 0 Å². The average Bonchev–Trinajstić information content (AvgIpc) is 2.74. The van der Waals surface area contributed by atoms with Crippen molar-refractivity contribution in [2.24, 2.45) is 0 Å². The van der Waals surface area contributed by atoms with Crippen molar-refractivity contribution in [1.29, 1.82) is 0 Å². The predicted molar refractivity (Wildman–Crippen MR) is 117 cm³/mol. The summed E-state index contributed by atoms with van der Waals surface area (Å²) in [6, 6.07) is 19.9. The second-order valence-electron chi connectivity index (χ2n) is 6.81. The lowest BCUT2D eigenvalue weighted by Gasteiger charge is -2.13. The average molecular weight is 388 g/mol. The van der Waals surface area contributed by atoms with Crippen LogP contribution >= 0.6 is 0 Å². The normalized spacial score (nSPS) is 10.3. The van der Waals surface area contributed by atoms with E-state index in [4.69, 9.17) is 0 Å². The van der Waals surface area contributed by atoms with Crippen LogP contribution in [0.4, 0.5) is 17.1 Å². The van der Waals surface area contributed by atoms with Crippen LogP contribution < -0.4 is 15.5 Å². The molecule has 6 nitrogen and oxygen atoms in total. The van der Waals surface area contributed by atoms with Crippen LogP contribution in [0.5, 0.6) is 0 Å². The van der Waals surface area contributed by atoms with Gasteiger partial charge < -0.3 is 15.5 Å². The third-order valence-electron chi connectivity index (χ3n) is 4.48. The minimum atomic E-state index is -0.371. The highest BCUT2D eigenvalue weighted by molar-refractivity contribution is 6.06. The van der Waals surface area contributed by atoms with E-state index < -0.39 is 0 Å². The molecule has 3 rings (SSSR count). The van der Waals surface area contributed by atoms with Gasteiger partial charge in [-0.05, 0) is 60.5 Å². The number of anilines is 3. The number of amides is 2. The van der Waals surface area contributed by atoms with Gasteiger partial charge in [-0.1, -0.05) is 25.1 Å². The van der Waals surface area contributed by atoms with Crippen molar-refractivity contribution < 1.29 is 9.59 Å². The van der Waals surface area contributed by atoms with Gasteiger partial charge in [0.05, 0.1) is 0 Å². The molecule has 0 spiro atoms. The molecule has 0 aliphatic rings. The van der Waals surface area contributed by atoms with E-state index in [1.165, 1.54) is 5.56 Å². The second-order valence-corrected chi connectivity index (χ2v) is 6.81. The van der Waals surface area contributed by atoms with Crippen LogP contribution in [0.1, 0.15) is 33.5 Å². The van der Waals surface area contributed by atoms with Gasteiger partial charge in [0.25, 0.3) is 11.8 Å². The van der Waals surface area contributed by atoms with E-state index in [-0.39, 0.29) is 23.2 Å². The lowest BCUT2D eigenvalue weighted by atomic mass is 10.1. The summed E-state index contributed by atoms with van der Waals surface area (Å²) in [6.45, 7) is 2.07. The Kier molecular flexibility index (Phi) is 6.24. The summed E-state index contributed by atoms with van der Waals surface area (Å²) < 4.78 is 0. The molecule has 1 heterocycles. The molecule has 2 N–H and O–H groups in total. The number of benzene rings is 2. The second kappa shape index (κ2) is 9.01. The summed E-state index contributed by atoms with van der Waals surface area (Å²) in [6.07, 6.45) is 0.935. The quantitative estimate of drug-likeness (QED) is 0.663. The van der Waals surface area contributed by atoms with Crippen molar-refractivity contribution in [2.75, 3.05) is 29.6 Å². The Hall–Kier alpha value is -3.67. The van der Waals surface area contributed by atoms with Gasteiger partial charge >= 0.3 is 0 Å². The van der Waals surface area contributed by atoms with Gasteiger partial charge in [0.2, 0.25) is 0 Å². The maximum atomic E-state index is 12.5. The van der Waals surface area contributed by atoms with Crippen LogP contribution in [-0.2, 0) is 6.42 Å². The third kappa shape index (κ3) is 5.19. The molecule has 0 fully saturated rings. The zero-order valence-electron chi connectivity index (χ0n) is 16.8. The Morgan fingerprint density at radius 3 is 1.72 bits per heavy atom. The Labute approximate surface area is 170 Å². The van der Waals surface area contributed by atoms with E-state index in [1.807, 2.05) is 67.5 Å². The molecule has 0 saturated carbocycles. The van der Waals surface area contributed by atoms with Crippen molar-refractivity contribution in [3.63, 3.8) is 0 Å². The minimum Gasteiger partial charge on any atom is -0.378 e. The summed E-state index contributed by atoms with van der Waals surface area (Å²) in [7, 11) is 3.90. The van der Waals surface area contributed by atoms with Gasteiger partial charge in [0.15, 0.2) is 0 Å². The monoisotopic (exact) mass is 388 g/mol. The first-order chi connectivity index (χ1) is 14.0. The first kappa shape index (κ1) is 20.1. The summed E-state index contributed by atoms with van der Waals surface area (Å²) in [4.78, 5) is 31.2. The molecule has 0 atom stereocenters. The van der Waals surface area contributed by atoms with Gasteiger partial charge in [-0.15, -0.1) is 0 Å². The van der Waals surface area contributed by atoms with Crippen molar-refractivity contribution in [1.82, 2.24) is 4.98 Å². The molecule has 0 bridgehead atoms. The molecule has 1 aromatic heterocycles. The van der Waals surface area contributed by atoms with Gasteiger partial charge in [-0.2, -0.15) is 0 Å². The molecule has 0 aliphatic carbocycles. The number of nitrogens with one attached hydrogen (secondary N) is 2. The summed E-state index contributed by atoms with van der Waals surface area (Å²) in [5, 5.41) is 5.61. The fourth-order valence-electron chi connectivity index (χ4n) is 2.74. The smallest absolute Gasteiger partial charge is 0.274 e. The van der Waals surface area contributed by atoms with E-state index in [0.717, 1.165) is 12.1 Å². The molecule has 2 amide bonds. The Morgan fingerprint density at radius 1 is 0.793 bits per heavy atom. The van der Waals surface area contributed by atoms with Crippen LogP contribution in [0.25, 0.3) is 0 Å². The van der Waals surface area contributed by atoms with Crippen LogP contribution in [-0.4, -0.2) is 30.9 Å². The molecule has 0 unspecified atom stereocenters. The lowest BCUT2D eigenvalue weighted by molar-refractivity contribution is 0.101. The molecule has 0 aliphatic heterocycles. The molecular formula is C23H24N4O2. The Balaban J connectivity index is 1.68. The number of hydrogen-bond donors (Lipinski definition) is 2. The molecule has 148 valence electrons. The number of carbonyl (C=O) groups is 2.